The van der Waals surface area contributed by atoms with E-state index in [9.17, 15) is 13.2 Å². The molecule has 0 spiro atoms. The number of rotatable bonds is 6. The van der Waals surface area contributed by atoms with Crippen molar-refractivity contribution in [1.82, 2.24) is 5.32 Å². The fourth-order valence-corrected chi connectivity index (χ4v) is 4.33. The summed E-state index contributed by atoms with van der Waals surface area (Å²) in [5.74, 6) is -0.203. The molecule has 0 heterocycles. The van der Waals surface area contributed by atoms with Gasteiger partial charge >= 0.3 is 0 Å². The Bertz CT molecular complexity index is 634. The lowest BCUT2D eigenvalue weighted by Crippen LogP contribution is -2.51. The van der Waals surface area contributed by atoms with Crippen LogP contribution >= 0.6 is 0 Å². The molecule has 1 aliphatic carbocycles. The Morgan fingerprint density at radius 2 is 1.83 bits per heavy atom. The third-order valence-corrected chi connectivity index (χ3v) is 5.50. The first-order chi connectivity index (χ1) is 10.8. The van der Waals surface area contributed by atoms with E-state index in [1.165, 1.54) is 4.31 Å². The zero-order valence-corrected chi connectivity index (χ0v) is 14.9. The Morgan fingerprint density at radius 3 is 2.30 bits per heavy atom. The first kappa shape index (κ1) is 17.8. The smallest absolute Gasteiger partial charge is 0.244 e. The SMILES string of the molecule is CCC(C(=O)NC1CCCC1)N(c1ccc(C)cc1)S(C)(=O)=O. The molecule has 5 nitrogen and oxygen atoms in total. The van der Waals surface area contributed by atoms with Crippen LogP contribution in [0.1, 0.15) is 44.6 Å². The minimum absolute atomic E-state index is 0.177. The van der Waals surface area contributed by atoms with Gasteiger partial charge in [0.15, 0.2) is 0 Å². The second-order valence-electron chi connectivity index (χ2n) is 6.31. The molecule has 1 amide bonds. The van der Waals surface area contributed by atoms with E-state index in [-0.39, 0.29) is 11.9 Å². The molecule has 0 aliphatic heterocycles. The van der Waals surface area contributed by atoms with Crippen molar-refractivity contribution in [2.24, 2.45) is 0 Å². The van der Waals surface area contributed by atoms with Crippen LogP contribution in [0.15, 0.2) is 24.3 Å². The second-order valence-corrected chi connectivity index (χ2v) is 8.17. The molecule has 6 heteroatoms. The van der Waals surface area contributed by atoms with E-state index >= 15 is 0 Å². The minimum Gasteiger partial charge on any atom is -0.352 e. The lowest BCUT2D eigenvalue weighted by molar-refractivity contribution is -0.122. The van der Waals surface area contributed by atoms with Gasteiger partial charge in [-0.15, -0.1) is 0 Å². The van der Waals surface area contributed by atoms with Crippen molar-refractivity contribution in [3.8, 4) is 0 Å². The summed E-state index contributed by atoms with van der Waals surface area (Å²) in [6, 6.07) is 6.68. The largest absolute Gasteiger partial charge is 0.352 e. The number of hydrogen-bond acceptors (Lipinski definition) is 3. The predicted molar refractivity (Wildman–Crippen MR) is 93.0 cm³/mol. The van der Waals surface area contributed by atoms with Crippen molar-refractivity contribution in [3.05, 3.63) is 29.8 Å². The number of benzene rings is 1. The van der Waals surface area contributed by atoms with E-state index < -0.39 is 16.1 Å². The van der Waals surface area contributed by atoms with Crippen LogP contribution in [0.3, 0.4) is 0 Å². The van der Waals surface area contributed by atoms with Crippen LogP contribution in [0.2, 0.25) is 0 Å². The summed E-state index contributed by atoms with van der Waals surface area (Å²) in [5, 5.41) is 3.02. The molecular formula is C17H26N2O3S. The summed E-state index contributed by atoms with van der Waals surface area (Å²) in [7, 11) is -3.55. The van der Waals surface area contributed by atoms with Gasteiger partial charge in [-0.3, -0.25) is 9.10 Å². The van der Waals surface area contributed by atoms with Crippen LogP contribution in [0, 0.1) is 6.92 Å². The molecule has 1 aliphatic rings. The molecule has 2 rings (SSSR count). The van der Waals surface area contributed by atoms with Crippen molar-refractivity contribution in [3.63, 3.8) is 0 Å². The van der Waals surface area contributed by atoms with Crippen molar-refractivity contribution in [2.45, 2.75) is 58.0 Å². The Morgan fingerprint density at radius 1 is 1.26 bits per heavy atom. The van der Waals surface area contributed by atoms with Crippen LogP contribution < -0.4 is 9.62 Å². The summed E-state index contributed by atoms with van der Waals surface area (Å²) in [6.07, 6.45) is 5.78. The summed E-state index contributed by atoms with van der Waals surface area (Å²) in [5.41, 5.74) is 1.58. The number of anilines is 1. The van der Waals surface area contributed by atoms with Gasteiger partial charge in [-0.2, -0.15) is 0 Å². The number of aryl methyl sites for hydroxylation is 1. The molecule has 1 fully saturated rings. The standard InChI is InChI=1S/C17H26N2O3S/c1-4-16(17(20)18-14-7-5-6-8-14)19(23(3,21)22)15-11-9-13(2)10-12-15/h9-12,14,16H,4-8H2,1-3H3,(H,18,20). The maximum Gasteiger partial charge on any atom is 0.244 e. The molecule has 23 heavy (non-hydrogen) atoms. The highest BCUT2D eigenvalue weighted by Crippen LogP contribution is 2.24. The molecule has 128 valence electrons. The van der Waals surface area contributed by atoms with Crippen LogP contribution in [-0.4, -0.2) is 32.7 Å². The van der Waals surface area contributed by atoms with Gasteiger partial charge in [-0.1, -0.05) is 37.5 Å². The molecule has 0 radical (unpaired) electrons. The maximum atomic E-state index is 12.6. The fraction of sp³-hybridized carbons (Fsp3) is 0.588. The van der Waals surface area contributed by atoms with E-state index in [0.29, 0.717) is 12.1 Å². The zero-order valence-electron chi connectivity index (χ0n) is 14.1. The Balaban J connectivity index is 2.28. The number of carbonyl (C=O) groups excluding carboxylic acids is 1. The molecule has 1 N–H and O–H groups in total. The number of sulfonamides is 1. The predicted octanol–water partition coefficient (Wildman–Crippen LogP) is 2.60. The van der Waals surface area contributed by atoms with Gasteiger partial charge in [-0.25, -0.2) is 8.42 Å². The molecule has 1 unspecified atom stereocenters. The lowest BCUT2D eigenvalue weighted by atomic mass is 10.1. The van der Waals surface area contributed by atoms with Gasteiger partial charge in [0.2, 0.25) is 15.9 Å². The van der Waals surface area contributed by atoms with Crippen LogP contribution in [-0.2, 0) is 14.8 Å². The van der Waals surface area contributed by atoms with E-state index in [2.05, 4.69) is 5.32 Å². The highest BCUT2D eigenvalue weighted by atomic mass is 32.2. The first-order valence-corrected chi connectivity index (χ1v) is 10.0. The molecule has 0 bridgehead atoms. The summed E-state index contributed by atoms with van der Waals surface area (Å²) >= 11 is 0. The molecule has 1 aromatic carbocycles. The molecule has 0 aromatic heterocycles. The molecule has 1 saturated carbocycles. The lowest BCUT2D eigenvalue weighted by Gasteiger charge is -2.31. The van der Waals surface area contributed by atoms with Gasteiger partial charge in [0.25, 0.3) is 0 Å². The van der Waals surface area contributed by atoms with Crippen molar-refractivity contribution in [2.75, 3.05) is 10.6 Å². The Kier molecular flexibility index (Phi) is 5.68. The molecular weight excluding hydrogens is 312 g/mol. The van der Waals surface area contributed by atoms with Gasteiger partial charge in [0.05, 0.1) is 11.9 Å². The summed E-state index contributed by atoms with van der Waals surface area (Å²) < 4.78 is 25.9. The minimum atomic E-state index is -3.55. The second kappa shape index (κ2) is 7.34. The zero-order chi connectivity index (χ0) is 17.0. The highest BCUT2D eigenvalue weighted by molar-refractivity contribution is 7.92. The average molecular weight is 338 g/mol. The van der Waals surface area contributed by atoms with Crippen LogP contribution in [0.5, 0.6) is 0 Å². The number of nitrogens with zero attached hydrogens (tertiary/aromatic N) is 1. The summed E-state index contributed by atoms with van der Waals surface area (Å²) in [4.78, 5) is 12.6. The van der Waals surface area contributed by atoms with E-state index in [0.717, 1.165) is 37.5 Å². The molecule has 1 aromatic rings. The number of amides is 1. The topological polar surface area (TPSA) is 66.5 Å². The first-order valence-electron chi connectivity index (χ1n) is 8.19. The third kappa shape index (κ3) is 4.47. The van der Waals surface area contributed by atoms with Crippen molar-refractivity contribution in [1.29, 1.82) is 0 Å². The normalized spacial score (nSPS) is 17.0. The van der Waals surface area contributed by atoms with Crippen LogP contribution in [0.25, 0.3) is 0 Å². The van der Waals surface area contributed by atoms with E-state index in [1.54, 1.807) is 12.1 Å². The number of nitrogens with one attached hydrogen (secondary N) is 1. The van der Waals surface area contributed by atoms with Crippen LogP contribution in [0.4, 0.5) is 5.69 Å². The number of hydrogen-bond donors (Lipinski definition) is 1. The summed E-state index contributed by atoms with van der Waals surface area (Å²) in [6.45, 7) is 3.78. The van der Waals surface area contributed by atoms with E-state index in [4.69, 9.17) is 0 Å². The quantitative estimate of drug-likeness (QED) is 0.867. The van der Waals surface area contributed by atoms with Crippen molar-refractivity contribution >= 4 is 21.6 Å². The number of carbonyl (C=O) groups is 1. The highest BCUT2D eigenvalue weighted by Gasteiger charge is 2.32. The Hall–Kier alpha value is -1.56. The maximum absolute atomic E-state index is 12.6. The fourth-order valence-electron chi connectivity index (χ4n) is 3.12. The third-order valence-electron chi connectivity index (χ3n) is 4.32. The molecule has 0 saturated heterocycles. The Labute approximate surface area is 139 Å². The average Bonchev–Trinajstić information content (AvgIpc) is 2.97. The van der Waals surface area contributed by atoms with Gasteiger partial charge in [0.1, 0.15) is 6.04 Å². The van der Waals surface area contributed by atoms with Crippen molar-refractivity contribution < 1.29 is 13.2 Å². The van der Waals surface area contributed by atoms with Gasteiger partial charge < -0.3 is 5.32 Å². The van der Waals surface area contributed by atoms with Gasteiger partial charge in [-0.05, 0) is 38.3 Å². The molecule has 1 atom stereocenters. The monoisotopic (exact) mass is 338 g/mol. The van der Waals surface area contributed by atoms with E-state index in [1.807, 2.05) is 26.0 Å². The van der Waals surface area contributed by atoms with Gasteiger partial charge in [0, 0.05) is 6.04 Å².